The molecule has 0 aliphatic heterocycles. The van der Waals surface area contributed by atoms with E-state index in [1.165, 1.54) is 4.88 Å². The molecule has 0 fully saturated rings. The number of nitrogens with one attached hydrogen (secondary N) is 2. The predicted octanol–water partition coefficient (Wildman–Crippen LogP) is 3.70. The van der Waals surface area contributed by atoms with Crippen LogP contribution in [0.4, 0.5) is 10.5 Å². The predicted molar refractivity (Wildman–Crippen MR) is 87.7 cm³/mol. The first-order valence-corrected chi connectivity index (χ1v) is 7.89. The van der Waals surface area contributed by atoms with Crippen molar-refractivity contribution in [3.63, 3.8) is 0 Å². The lowest BCUT2D eigenvalue weighted by molar-refractivity contribution is 0.245. The second-order valence-corrected chi connectivity index (χ2v) is 5.87. The molecule has 0 saturated carbocycles. The normalized spacial score (nSPS) is 11.9. The molecule has 2 amide bonds. The molecule has 0 aliphatic rings. The Labute approximate surface area is 128 Å². The fourth-order valence-electron chi connectivity index (χ4n) is 2.05. The Morgan fingerprint density at radius 3 is 2.90 bits per heavy atom. The maximum absolute atomic E-state index is 11.9. The Kier molecular flexibility index (Phi) is 5.78. The van der Waals surface area contributed by atoms with Gasteiger partial charge in [-0.1, -0.05) is 18.2 Å². The largest absolute Gasteiger partial charge is 0.396 e. The second-order valence-electron chi connectivity index (χ2n) is 4.92. The smallest absolute Gasteiger partial charge is 0.319 e. The number of rotatable bonds is 6. The molecular weight excluding hydrogens is 284 g/mol. The minimum atomic E-state index is -0.219. The number of carbonyl (C=O) groups is 1. The van der Waals surface area contributed by atoms with Crippen molar-refractivity contribution >= 4 is 23.1 Å². The molecule has 0 bridgehead atoms. The first kappa shape index (κ1) is 15.5. The number of anilines is 1. The summed E-state index contributed by atoms with van der Waals surface area (Å²) in [4.78, 5) is 13.1. The Balaban J connectivity index is 1.93. The van der Waals surface area contributed by atoms with E-state index in [1.54, 1.807) is 11.3 Å². The van der Waals surface area contributed by atoms with Crippen LogP contribution < -0.4 is 10.6 Å². The van der Waals surface area contributed by atoms with Crippen molar-refractivity contribution < 1.29 is 9.90 Å². The molecule has 3 N–H and O–H groups in total. The number of urea groups is 1. The lowest BCUT2D eigenvalue weighted by Crippen LogP contribution is -2.36. The van der Waals surface area contributed by atoms with Crippen molar-refractivity contribution in [2.75, 3.05) is 11.9 Å². The number of thiophene rings is 1. The van der Waals surface area contributed by atoms with Crippen molar-refractivity contribution in [2.24, 2.45) is 0 Å². The van der Waals surface area contributed by atoms with Gasteiger partial charge in [-0.25, -0.2) is 4.79 Å². The Bertz CT molecular complexity index is 569. The van der Waals surface area contributed by atoms with Gasteiger partial charge in [0.2, 0.25) is 0 Å². The summed E-state index contributed by atoms with van der Waals surface area (Å²) in [5.74, 6) is 0. The average Bonchev–Trinajstić information content (AvgIpc) is 2.99. The molecule has 112 valence electrons. The summed E-state index contributed by atoms with van der Waals surface area (Å²) < 4.78 is 0. The van der Waals surface area contributed by atoms with Crippen molar-refractivity contribution in [3.05, 3.63) is 41.8 Å². The van der Waals surface area contributed by atoms with Gasteiger partial charge in [0.25, 0.3) is 0 Å². The summed E-state index contributed by atoms with van der Waals surface area (Å²) >= 11 is 1.67. The highest BCUT2D eigenvalue weighted by Gasteiger charge is 2.07. The molecular formula is C16H20N2O2S. The zero-order valence-corrected chi connectivity index (χ0v) is 12.8. The van der Waals surface area contributed by atoms with Crippen molar-refractivity contribution in [1.82, 2.24) is 5.32 Å². The third-order valence-electron chi connectivity index (χ3n) is 3.10. The molecule has 1 heterocycles. The van der Waals surface area contributed by atoms with Gasteiger partial charge in [0.05, 0.1) is 0 Å². The molecule has 0 spiro atoms. The summed E-state index contributed by atoms with van der Waals surface area (Å²) in [5, 5.41) is 16.5. The molecule has 2 rings (SSSR count). The Morgan fingerprint density at radius 2 is 2.19 bits per heavy atom. The molecule has 0 saturated heterocycles. The summed E-state index contributed by atoms with van der Waals surface area (Å²) in [5.41, 5.74) is 1.86. The van der Waals surface area contributed by atoms with E-state index in [1.807, 2.05) is 42.6 Å². The van der Waals surface area contributed by atoms with E-state index in [4.69, 9.17) is 5.11 Å². The molecule has 0 radical (unpaired) electrons. The monoisotopic (exact) mass is 304 g/mol. The summed E-state index contributed by atoms with van der Waals surface area (Å²) in [6.45, 7) is 2.08. The molecule has 1 unspecified atom stereocenters. The van der Waals surface area contributed by atoms with E-state index in [9.17, 15) is 4.79 Å². The van der Waals surface area contributed by atoms with Crippen LogP contribution in [0.15, 0.2) is 41.8 Å². The summed E-state index contributed by atoms with van der Waals surface area (Å²) in [6, 6.07) is 11.7. The Morgan fingerprint density at radius 1 is 1.33 bits per heavy atom. The van der Waals surface area contributed by atoms with Crippen LogP contribution >= 0.6 is 11.3 Å². The van der Waals surface area contributed by atoms with Gasteiger partial charge in [0.1, 0.15) is 0 Å². The van der Waals surface area contributed by atoms with Crippen LogP contribution in [-0.4, -0.2) is 23.8 Å². The number of hydrogen-bond donors (Lipinski definition) is 3. The minimum absolute atomic E-state index is 0.0395. The average molecular weight is 304 g/mol. The fraction of sp³-hybridized carbons (Fsp3) is 0.312. The zero-order chi connectivity index (χ0) is 15.1. The number of hydrogen-bond acceptors (Lipinski definition) is 3. The van der Waals surface area contributed by atoms with Crippen molar-refractivity contribution in [2.45, 2.75) is 25.8 Å². The van der Waals surface area contributed by atoms with Crippen LogP contribution in [0.1, 0.15) is 19.8 Å². The van der Waals surface area contributed by atoms with Gasteiger partial charge in [-0.2, -0.15) is 0 Å². The van der Waals surface area contributed by atoms with Gasteiger partial charge in [0.15, 0.2) is 0 Å². The van der Waals surface area contributed by atoms with Gasteiger partial charge in [-0.15, -0.1) is 11.3 Å². The third-order valence-corrected chi connectivity index (χ3v) is 4.02. The number of amides is 2. The van der Waals surface area contributed by atoms with Crippen LogP contribution in [0.3, 0.4) is 0 Å². The minimum Gasteiger partial charge on any atom is -0.396 e. The number of benzene rings is 1. The van der Waals surface area contributed by atoms with Gasteiger partial charge in [0, 0.05) is 23.2 Å². The number of carbonyl (C=O) groups excluding carboxylic acids is 1. The van der Waals surface area contributed by atoms with E-state index in [0.717, 1.165) is 17.7 Å². The third kappa shape index (κ3) is 4.88. The molecule has 1 aromatic heterocycles. The zero-order valence-electron chi connectivity index (χ0n) is 12.0. The van der Waals surface area contributed by atoms with Crippen LogP contribution in [0.25, 0.3) is 10.4 Å². The highest BCUT2D eigenvalue weighted by atomic mass is 32.1. The van der Waals surface area contributed by atoms with Crippen LogP contribution in [0.5, 0.6) is 0 Å². The van der Waals surface area contributed by atoms with Gasteiger partial charge in [-0.3, -0.25) is 0 Å². The van der Waals surface area contributed by atoms with Gasteiger partial charge >= 0.3 is 6.03 Å². The lowest BCUT2D eigenvalue weighted by Gasteiger charge is -2.14. The van der Waals surface area contributed by atoms with Gasteiger partial charge < -0.3 is 15.7 Å². The summed E-state index contributed by atoms with van der Waals surface area (Å²) in [6.07, 6.45) is 1.45. The van der Waals surface area contributed by atoms with Gasteiger partial charge in [-0.05, 0) is 48.9 Å². The van der Waals surface area contributed by atoms with E-state index in [-0.39, 0.29) is 18.7 Å². The van der Waals surface area contributed by atoms with E-state index in [2.05, 4.69) is 16.7 Å². The lowest BCUT2D eigenvalue weighted by atomic mass is 10.1. The van der Waals surface area contributed by atoms with Crippen molar-refractivity contribution in [1.29, 1.82) is 0 Å². The first-order valence-electron chi connectivity index (χ1n) is 7.01. The molecule has 5 heteroatoms. The highest BCUT2D eigenvalue weighted by Crippen LogP contribution is 2.26. The standard InChI is InChI=1S/C16H20N2O2S/c1-12(5-3-9-19)17-16(20)18-14-7-2-6-13(11-14)15-8-4-10-21-15/h2,4,6-8,10-12,19H,3,5,9H2,1H3,(H2,17,18,20). The molecule has 1 aromatic carbocycles. The quantitative estimate of drug-likeness (QED) is 0.762. The van der Waals surface area contributed by atoms with E-state index >= 15 is 0 Å². The maximum Gasteiger partial charge on any atom is 0.319 e. The molecule has 0 aliphatic carbocycles. The molecule has 2 aromatic rings. The highest BCUT2D eigenvalue weighted by molar-refractivity contribution is 7.13. The maximum atomic E-state index is 11.9. The Hall–Kier alpha value is -1.85. The molecule has 21 heavy (non-hydrogen) atoms. The second kappa shape index (κ2) is 7.81. The molecule has 1 atom stereocenters. The number of aliphatic hydroxyl groups excluding tert-OH is 1. The van der Waals surface area contributed by atoms with E-state index < -0.39 is 0 Å². The van der Waals surface area contributed by atoms with Crippen LogP contribution in [0.2, 0.25) is 0 Å². The van der Waals surface area contributed by atoms with Crippen molar-refractivity contribution in [3.8, 4) is 10.4 Å². The topological polar surface area (TPSA) is 61.4 Å². The number of aliphatic hydroxyl groups is 1. The first-order chi connectivity index (χ1) is 10.2. The fourth-order valence-corrected chi connectivity index (χ4v) is 2.78. The summed E-state index contributed by atoms with van der Waals surface area (Å²) in [7, 11) is 0. The van der Waals surface area contributed by atoms with E-state index in [0.29, 0.717) is 6.42 Å². The van der Waals surface area contributed by atoms with Crippen LogP contribution in [-0.2, 0) is 0 Å². The van der Waals surface area contributed by atoms with Crippen LogP contribution in [0, 0.1) is 0 Å². The molecule has 4 nitrogen and oxygen atoms in total. The SMILES string of the molecule is CC(CCCO)NC(=O)Nc1cccc(-c2cccs2)c1.